The smallest absolute Gasteiger partial charge is 0.339 e. The minimum Gasteiger partial charge on any atom is -0.497 e. The Morgan fingerprint density at radius 1 is 1.16 bits per heavy atom. The van der Waals surface area contributed by atoms with Crippen LogP contribution in [0.4, 0.5) is 0 Å². The lowest BCUT2D eigenvalue weighted by molar-refractivity contribution is 0.0526. The van der Waals surface area contributed by atoms with E-state index in [1.165, 1.54) is 6.20 Å². The largest absolute Gasteiger partial charge is 0.497 e. The summed E-state index contributed by atoms with van der Waals surface area (Å²) in [4.78, 5) is 15.8. The van der Waals surface area contributed by atoms with Crippen LogP contribution < -0.4 is 4.74 Å². The third-order valence-corrected chi connectivity index (χ3v) is 2.66. The molecule has 0 spiro atoms. The molecule has 0 radical (unpaired) electrons. The molecule has 1 aromatic heterocycles. The maximum absolute atomic E-state index is 11.5. The van der Waals surface area contributed by atoms with E-state index < -0.39 is 0 Å². The number of benzene rings is 1. The Labute approximate surface area is 112 Å². The van der Waals surface area contributed by atoms with Crippen molar-refractivity contribution in [1.29, 1.82) is 0 Å². The Balaban J connectivity index is 2.19. The average molecular weight is 257 g/mol. The van der Waals surface area contributed by atoms with Gasteiger partial charge in [0.15, 0.2) is 0 Å². The lowest BCUT2D eigenvalue weighted by Gasteiger charge is -2.04. The van der Waals surface area contributed by atoms with Gasteiger partial charge in [0.05, 0.1) is 25.0 Å². The zero-order chi connectivity index (χ0) is 13.7. The summed E-state index contributed by atoms with van der Waals surface area (Å²) in [6, 6.07) is 11.1. The molecule has 0 atom stereocenters. The number of nitrogens with zero attached hydrogens (tertiary/aromatic N) is 1. The molecule has 2 rings (SSSR count). The topological polar surface area (TPSA) is 48.4 Å². The molecule has 0 amide bonds. The highest BCUT2D eigenvalue weighted by Crippen LogP contribution is 2.20. The minimum atomic E-state index is -0.351. The van der Waals surface area contributed by atoms with Crippen molar-refractivity contribution in [3.63, 3.8) is 0 Å². The highest BCUT2D eigenvalue weighted by atomic mass is 16.5. The fraction of sp³-hybridized carbons (Fsp3) is 0.200. The van der Waals surface area contributed by atoms with Crippen LogP contribution in [0.25, 0.3) is 11.3 Å². The van der Waals surface area contributed by atoms with Crippen LogP contribution in [-0.2, 0) is 4.74 Å². The summed E-state index contributed by atoms with van der Waals surface area (Å²) in [5.41, 5.74) is 2.23. The number of pyridine rings is 1. The quantitative estimate of drug-likeness (QED) is 0.790. The van der Waals surface area contributed by atoms with Gasteiger partial charge in [0, 0.05) is 11.8 Å². The molecule has 0 fully saturated rings. The number of methoxy groups -OCH3 is 1. The number of rotatable bonds is 4. The van der Waals surface area contributed by atoms with E-state index in [4.69, 9.17) is 9.47 Å². The van der Waals surface area contributed by atoms with Gasteiger partial charge in [0.2, 0.25) is 0 Å². The predicted octanol–water partition coefficient (Wildman–Crippen LogP) is 2.93. The molecule has 0 unspecified atom stereocenters. The van der Waals surface area contributed by atoms with Gasteiger partial charge in [-0.1, -0.05) is 0 Å². The molecule has 0 aliphatic heterocycles. The Kier molecular flexibility index (Phi) is 4.13. The average Bonchev–Trinajstić information content (AvgIpc) is 2.48. The van der Waals surface area contributed by atoms with Crippen LogP contribution in [0.5, 0.6) is 5.75 Å². The number of aromatic nitrogens is 1. The van der Waals surface area contributed by atoms with E-state index in [-0.39, 0.29) is 5.97 Å². The zero-order valence-corrected chi connectivity index (χ0v) is 10.9. The summed E-state index contributed by atoms with van der Waals surface area (Å²) in [7, 11) is 1.63. The molecule has 0 saturated carbocycles. The molecule has 1 aromatic carbocycles. The third kappa shape index (κ3) is 3.10. The molecular weight excluding hydrogens is 242 g/mol. The van der Waals surface area contributed by atoms with Crippen molar-refractivity contribution in [2.75, 3.05) is 13.7 Å². The van der Waals surface area contributed by atoms with Crippen LogP contribution in [0.2, 0.25) is 0 Å². The molecule has 0 aliphatic rings. The van der Waals surface area contributed by atoms with Gasteiger partial charge in [-0.2, -0.15) is 0 Å². The lowest BCUT2D eigenvalue weighted by atomic mass is 10.1. The van der Waals surface area contributed by atoms with Gasteiger partial charge in [0.1, 0.15) is 5.75 Å². The number of hydrogen-bond acceptors (Lipinski definition) is 4. The summed E-state index contributed by atoms with van der Waals surface area (Å²) >= 11 is 0. The van der Waals surface area contributed by atoms with Gasteiger partial charge >= 0.3 is 5.97 Å². The van der Waals surface area contributed by atoms with E-state index in [9.17, 15) is 4.79 Å². The van der Waals surface area contributed by atoms with Crippen molar-refractivity contribution in [2.24, 2.45) is 0 Å². The molecule has 0 aliphatic carbocycles. The monoisotopic (exact) mass is 257 g/mol. The van der Waals surface area contributed by atoms with Crippen molar-refractivity contribution in [3.05, 3.63) is 48.2 Å². The highest BCUT2D eigenvalue weighted by Gasteiger charge is 2.07. The van der Waals surface area contributed by atoms with E-state index in [1.807, 2.05) is 24.3 Å². The minimum absolute atomic E-state index is 0.351. The third-order valence-electron chi connectivity index (χ3n) is 2.66. The molecule has 0 N–H and O–H groups in total. The molecule has 4 heteroatoms. The molecule has 1 heterocycles. The summed E-state index contributed by atoms with van der Waals surface area (Å²) < 4.78 is 10.0. The summed E-state index contributed by atoms with van der Waals surface area (Å²) in [6.07, 6.45) is 1.53. The maximum atomic E-state index is 11.5. The maximum Gasteiger partial charge on any atom is 0.339 e. The van der Waals surface area contributed by atoms with Gasteiger partial charge in [-0.15, -0.1) is 0 Å². The molecule has 0 bridgehead atoms. The van der Waals surface area contributed by atoms with Crippen LogP contribution in [0.15, 0.2) is 42.6 Å². The van der Waals surface area contributed by atoms with E-state index in [0.29, 0.717) is 12.2 Å². The van der Waals surface area contributed by atoms with Gasteiger partial charge < -0.3 is 9.47 Å². The number of carbonyl (C=O) groups excluding carboxylic acids is 1. The van der Waals surface area contributed by atoms with Crippen molar-refractivity contribution in [2.45, 2.75) is 6.92 Å². The van der Waals surface area contributed by atoms with Crippen molar-refractivity contribution < 1.29 is 14.3 Å². The van der Waals surface area contributed by atoms with Crippen LogP contribution in [0.1, 0.15) is 17.3 Å². The first-order valence-corrected chi connectivity index (χ1v) is 6.02. The van der Waals surface area contributed by atoms with Crippen LogP contribution in [0.3, 0.4) is 0 Å². The van der Waals surface area contributed by atoms with Crippen molar-refractivity contribution >= 4 is 5.97 Å². The first kappa shape index (κ1) is 13.1. The Hall–Kier alpha value is -2.36. The van der Waals surface area contributed by atoms with E-state index in [2.05, 4.69) is 4.98 Å². The van der Waals surface area contributed by atoms with E-state index in [0.717, 1.165) is 17.0 Å². The van der Waals surface area contributed by atoms with Gasteiger partial charge in [0.25, 0.3) is 0 Å². The summed E-state index contributed by atoms with van der Waals surface area (Å²) in [5, 5.41) is 0. The van der Waals surface area contributed by atoms with Crippen LogP contribution >= 0.6 is 0 Å². The summed E-state index contributed by atoms with van der Waals surface area (Å²) in [5.74, 6) is 0.447. The molecule has 19 heavy (non-hydrogen) atoms. The van der Waals surface area contributed by atoms with Gasteiger partial charge in [-0.3, -0.25) is 4.98 Å². The normalized spacial score (nSPS) is 10.0. The van der Waals surface area contributed by atoms with Crippen LogP contribution in [0, 0.1) is 0 Å². The van der Waals surface area contributed by atoms with Gasteiger partial charge in [-0.05, 0) is 43.3 Å². The van der Waals surface area contributed by atoms with Crippen LogP contribution in [-0.4, -0.2) is 24.7 Å². The SMILES string of the molecule is CCOC(=O)c1ccc(-c2ccc(OC)cc2)nc1. The van der Waals surface area contributed by atoms with E-state index >= 15 is 0 Å². The molecule has 4 nitrogen and oxygen atoms in total. The summed E-state index contributed by atoms with van der Waals surface area (Å²) in [6.45, 7) is 2.14. The Morgan fingerprint density at radius 3 is 2.42 bits per heavy atom. The number of esters is 1. The Bertz CT molecular complexity index is 547. The Morgan fingerprint density at radius 2 is 1.89 bits per heavy atom. The first-order chi connectivity index (χ1) is 9.24. The number of ether oxygens (including phenoxy) is 2. The molecule has 0 saturated heterocycles. The molecule has 2 aromatic rings. The standard InChI is InChI=1S/C15H15NO3/c1-3-19-15(17)12-6-9-14(16-10-12)11-4-7-13(18-2)8-5-11/h4-10H,3H2,1-2H3. The van der Waals surface area contributed by atoms with E-state index in [1.54, 1.807) is 26.2 Å². The second-order valence-corrected chi connectivity index (χ2v) is 3.88. The fourth-order valence-electron chi connectivity index (χ4n) is 1.66. The number of hydrogen-bond donors (Lipinski definition) is 0. The molecule has 98 valence electrons. The number of carbonyl (C=O) groups is 1. The van der Waals surface area contributed by atoms with Gasteiger partial charge in [-0.25, -0.2) is 4.79 Å². The van der Waals surface area contributed by atoms with Crippen molar-refractivity contribution in [3.8, 4) is 17.0 Å². The second-order valence-electron chi connectivity index (χ2n) is 3.88. The second kappa shape index (κ2) is 6.00. The molecular formula is C15H15NO3. The fourth-order valence-corrected chi connectivity index (χ4v) is 1.66. The zero-order valence-electron chi connectivity index (χ0n) is 10.9. The van der Waals surface area contributed by atoms with Crippen molar-refractivity contribution in [1.82, 2.24) is 4.98 Å². The predicted molar refractivity (Wildman–Crippen MR) is 72.2 cm³/mol. The lowest BCUT2D eigenvalue weighted by Crippen LogP contribution is -2.04. The first-order valence-electron chi connectivity index (χ1n) is 6.02. The highest BCUT2D eigenvalue weighted by molar-refractivity contribution is 5.89.